The lowest BCUT2D eigenvalue weighted by molar-refractivity contribution is -0.142. The van der Waals surface area contributed by atoms with Crippen molar-refractivity contribution in [3.05, 3.63) is 82.5 Å². The summed E-state index contributed by atoms with van der Waals surface area (Å²) in [6, 6.07) is 13.7. The molecule has 0 radical (unpaired) electrons. The van der Waals surface area contributed by atoms with Crippen molar-refractivity contribution >= 4 is 35.5 Å². The van der Waals surface area contributed by atoms with E-state index in [0.29, 0.717) is 30.3 Å². The van der Waals surface area contributed by atoms with Crippen LogP contribution in [0.25, 0.3) is 11.1 Å². The number of ether oxygens (including phenoxy) is 1. The number of anilines is 1. The van der Waals surface area contributed by atoms with Gasteiger partial charge >= 0.3 is 5.97 Å². The molecule has 3 aromatic rings. The molecule has 208 valence electrons. The first-order chi connectivity index (χ1) is 19.3. The Morgan fingerprint density at radius 3 is 2.38 bits per heavy atom. The van der Waals surface area contributed by atoms with Gasteiger partial charge in [0.2, 0.25) is 11.9 Å². The van der Waals surface area contributed by atoms with E-state index in [1.807, 2.05) is 47.9 Å². The van der Waals surface area contributed by atoms with Gasteiger partial charge in [-0.25, -0.2) is 14.8 Å². The minimum Gasteiger partial charge on any atom is -0.507 e. The predicted molar refractivity (Wildman–Crippen MR) is 154 cm³/mol. The van der Waals surface area contributed by atoms with Crippen LogP contribution in [-0.4, -0.2) is 57.8 Å². The molecule has 0 spiro atoms. The average Bonchev–Trinajstić information content (AvgIpc) is 3.49. The van der Waals surface area contributed by atoms with Gasteiger partial charge in [-0.1, -0.05) is 48.5 Å². The molecule has 1 aromatic heterocycles. The Bertz CT molecular complexity index is 1410. The van der Waals surface area contributed by atoms with E-state index >= 15 is 0 Å². The number of rotatable bonds is 10. The van der Waals surface area contributed by atoms with Crippen LogP contribution in [0.15, 0.2) is 60.0 Å². The smallest absolute Gasteiger partial charge is 0.330 e. The molecule has 4 rings (SSSR count). The summed E-state index contributed by atoms with van der Waals surface area (Å²) in [6.45, 7) is 3.64. The van der Waals surface area contributed by atoms with Crippen molar-refractivity contribution in [1.82, 2.24) is 20.6 Å². The molecular formula is C29H31N5O5S. The topological polar surface area (TPSA) is 143 Å². The maximum Gasteiger partial charge on any atom is 0.330 e. The van der Waals surface area contributed by atoms with E-state index in [0.717, 1.165) is 16.7 Å². The van der Waals surface area contributed by atoms with Crippen LogP contribution in [0.1, 0.15) is 33.7 Å². The Labute approximate surface area is 236 Å². The number of hydrogen-bond donors (Lipinski definition) is 4. The number of esters is 1. The molecule has 2 amide bonds. The zero-order valence-electron chi connectivity index (χ0n) is 22.4. The Morgan fingerprint density at radius 1 is 1.05 bits per heavy atom. The van der Waals surface area contributed by atoms with Gasteiger partial charge in [-0.15, -0.1) is 11.8 Å². The second-order valence-electron chi connectivity index (χ2n) is 9.15. The van der Waals surface area contributed by atoms with Crippen molar-refractivity contribution in [1.29, 1.82) is 0 Å². The number of methoxy groups -OCH3 is 1. The number of carbonyl (C=O) groups excluding carboxylic acids is 3. The van der Waals surface area contributed by atoms with Gasteiger partial charge in [0, 0.05) is 18.7 Å². The second-order valence-corrected chi connectivity index (χ2v) is 10.3. The molecule has 1 aliphatic rings. The van der Waals surface area contributed by atoms with E-state index in [-0.39, 0.29) is 29.0 Å². The number of allylic oxidation sites excluding steroid dienone is 1. The SMILES string of the molecule is COC(=O)[C@H](CNC(=O)C1CC=CS1)NC(=O)c1c(C)nc(NCc2ccccc2-c2ccccc2O)nc1C. The number of benzene rings is 2. The van der Waals surface area contributed by atoms with Crippen molar-refractivity contribution in [3.8, 4) is 16.9 Å². The number of para-hydroxylation sites is 1. The molecule has 2 heterocycles. The molecule has 40 heavy (non-hydrogen) atoms. The van der Waals surface area contributed by atoms with Crippen LogP contribution in [0.3, 0.4) is 0 Å². The fourth-order valence-electron chi connectivity index (χ4n) is 4.37. The normalized spacial score (nSPS) is 14.8. The first-order valence-electron chi connectivity index (χ1n) is 12.7. The number of nitrogens with zero attached hydrogens (tertiary/aromatic N) is 2. The molecule has 0 saturated carbocycles. The molecule has 0 saturated heterocycles. The number of carbonyl (C=O) groups is 3. The summed E-state index contributed by atoms with van der Waals surface area (Å²) >= 11 is 1.41. The molecule has 1 aliphatic heterocycles. The van der Waals surface area contributed by atoms with E-state index < -0.39 is 17.9 Å². The number of amides is 2. The van der Waals surface area contributed by atoms with Crippen molar-refractivity contribution in [2.75, 3.05) is 19.0 Å². The van der Waals surface area contributed by atoms with Gasteiger partial charge in [-0.3, -0.25) is 9.59 Å². The first kappa shape index (κ1) is 28.6. The van der Waals surface area contributed by atoms with E-state index in [2.05, 4.69) is 25.9 Å². The van der Waals surface area contributed by atoms with E-state index in [1.54, 1.807) is 26.0 Å². The lowest BCUT2D eigenvalue weighted by Gasteiger charge is -2.19. The molecule has 0 aliphatic carbocycles. The number of phenolic OH excluding ortho intramolecular Hbond substituents is 1. The maximum absolute atomic E-state index is 13.2. The van der Waals surface area contributed by atoms with Crippen molar-refractivity contribution in [2.24, 2.45) is 0 Å². The van der Waals surface area contributed by atoms with Gasteiger partial charge in [0.1, 0.15) is 11.8 Å². The number of phenols is 1. The fraction of sp³-hybridized carbons (Fsp3) is 0.276. The zero-order chi connectivity index (χ0) is 28.6. The third-order valence-electron chi connectivity index (χ3n) is 6.40. The molecule has 2 atom stereocenters. The lowest BCUT2D eigenvalue weighted by Crippen LogP contribution is -2.50. The third kappa shape index (κ3) is 6.78. The Hall–Kier alpha value is -4.38. The number of aromatic hydroxyl groups is 1. The lowest BCUT2D eigenvalue weighted by atomic mass is 9.99. The summed E-state index contributed by atoms with van der Waals surface area (Å²) in [7, 11) is 1.22. The van der Waals surface area contributed by atoms with Crippen molar-refractivity contribution in [3.63, 3.8) is 0 Å². The highest BCUT2D eigenvalue weighted by molar-refractivity contribution is 8.03. The predicted octanol–water partition coefficient (Wildman–Crippen LogP) is 3.48. The van der Waals surface area contributed by atoms with Crippen molar-refractivity contribution < 1.29 is 24.2 Å². The summed E-state index contributed by atoms with van der Waals surface area (Å²) in [5, 5.41) is 20.5. The molecule has 10 nitrogen and oxygen atoms in total. The molecule has 0 bridgehead atoms. The van der Waals surface area contributed by atoms with Crippen LogP contribution >= 0.6 is 11.8 Å². The minimum atomic E-state index is -1.08. The van der Waals surface area contributed by atoms with Gasteiger partial charge < -0.3 is 25.8 Å². The van der Waals surface area contributed by atoms with Crippen molar-refractivity contribution in [2.45, 2.75) is 38.1 Å². The van der Waals surface area contributed by atoms with Crippen LogP contribution in [0.5, 0.6) is 5.75 Å². The largest absolute Gasteiger partial charge is 0.507 e. The highest BCUT2D eigenvalue weighted by Crippen LogP contribution is 2.31. The highest BCUT2D eigenvalue weighted by Gasteiger charge is 2.27. The Morgan fingerprint density at radius 2 is 1.73 bits per heavy atom. The molecule has 11 heteroatoms. The first-order valence-corrected chi connectivity index (χ1v) is 13.6. The van der Waals surface area contributed by atoms with Gasteiger partial charge in [-0.2, -0.15) is 0 Å². The summed E-state index contributed by atoms with van der Waals surface area (Å²) in [6.07, 6.45) is 2.52. The van der Waals surface area contributed by atoms with Crippen LogP contribution in [0.2, 0.25) is 0 Å². The monoisotopic (exact) mass is 561 g/mol. The van der Waals surface area contributed by atoms with E-state index in [9.17, 15) is 19.5 Å². The summed E-state index contributed by atoms with van der Waals surface area (Å²) in [5.41, 5.74) is 3.59. The molecule has 1 unspecified atom stereocenters. The third-order valence-corrected chi connectivity index (χ3v) is 7.48. The van der Waals surface area contributed by atoms with E-state index in [4.69, 9.17) is 4.74 Å². The summed E-state index contributed by atoms with van der Waals surface area (Å²) in [5.74, 6) is -0.921. The maximum atomic E-state index is 13.2. The Balaban J connectivity index is 1.44. The second kappa shape index (κ2) is 13.1. The summed E-state index contributed by atoms with van der Waals surface area (Å²) in [4.78, 5) is 46.8. The molecule has 0 fully saturated rings. The number of hydrogen-bond acceptors (Lipinski definition) is 9. The van der Waals surface area contributed by atoms with Crippen LogP contribution in [-0.2, 0) is 20.9 Å². The minimum absolute atomic E-state index is 0.108. The molecular weight excluding hydrogens is 530 g/mol. The van der Waals surface area contributed by atoms with Gasteiger partial charge in [0.05, 0.1) is 29.3 Å². The van der Waals surface area contributed by atoms with Gasteiger partial charge in [-0.05, 0) is 42.9 Å². The Kier molecular flexibility index (Phi) is 9.39. The molecule has 4 N–H and O–H groups in total. The fourth-order valence-corrected chi connectivity index (χ4v) is 5.21. The molecule has 2 aromatic carbocycles. The average molecular weight is 562 g/mol. The highest BCUT2D eigenvalue weighted by atomic mass is 32.2. The standard InChI is InChI=1S/C29H31N5O5S/c1-17-25(27(37)34-22(28(38)39-3)16-30-26(36)24-13-8-14-40-24)18(2)33-29(32-17)31-15-19-9-4-5-10-20(19)21-11-6-7-12-23(21)35/h4-12,14,22,24,35H,13,15-16H2,1-3H3,(H,30,36)(H,34,37)(H,31,32,33)/t22-,24?/m0/s1. The number of aromatic nitrogens is 2. The van der Waals surface area contributed by atoms with Gasteiger partial charge in [0.25, 0.3) is 5.91 Å². The number of thioether (sulfide) groups is 1. The number of aryl methyl sites for hydroxylation is 2. The zero-order valence-corrected chi connectivity index (χ0v) is 23.2. The summed E-state index contributed by atoms with van der Waals surface area (Å²) < 4.78 is 4.83. The van der Waals surface area contributed by atoms with Crippen LogP contribution in [0, 0.1) is 13.8 Å². The van der Waals surface area contributed by atoms with Crippen LogP contribution < -0.4 is 16.0 Å². The van der Waals surface area contributed by atoms with E-state index in [1.165, 1.54) is 18.9 Å². The quantitative estimate of drug-likeness (QED) is 0.274. The van der Waals surface area contributed by atoms with Gasteiger partial charge in [0.15, 0.2) is 0 Å². The number of nitrogens with one attached hydrogen (secondary N) is 3. The van der Waals surface area contributed by atoms with Crippen LogP contribution in [0.4, 0.5) is 5.95 Å².